The van der Waals surface area contributed by atoms with Gasteiger partial charge in [0, 0.05) is 36.8 Å². The van der Waals surface area contributed by atoms with E-state index in [0.29, 0.717) is 21.0 Å². The first kappa shape index (κ1) is 22.3. The van der Waals surface area contributed by atoms with Gasteiger partial charge < -0.3 is 10.2 Å². The summed E-state index contributed by atoms with van der Waals surface area (Å²) in [7, 11) is -3.62. The van der Waals surface area contributed by atoms with E-state index in [0.717, 1.165) is 5.56 Å². The van der Waals surface area contributed by atoms with Gasteiger partial charge in [-0.3, -0.25) is 9.59 Å². The van der Waals surface area contributed by atoms with E-state index in [-0.39, 0.29) is 44.5 Å². The zero-order chi connectivity index (χ0) is 21.9. The number of halogens is 1. The zero-order valence-corrected chi connectivity index (χ0v) is 18.5. The van der Waals surface area contributed by atoms with Crippen LogP contribution in [-0.2, 0) is 14.8 Å². The quantitative estimate of drug-likeness (QED) is 0.758. The second-order valence-electron chi connectivity index (χ2n) is 7.25. The number of nitrogens with zero attached hydrogens (tertiary/aromatic N) is 2. The van der Waals surface area contributed by atoms with Gasteiger partial charge in [-0.25, -0.2) is 8.42 Å². The lowest BCUT2D eigenvalue weighted by Gasteiger charge is -2.34. The van der Waals surface area contributed by atoms with Crippen LogP contribution < -0.4 is 5.32 Å². The normalized spacial score (nSPS) is 15.1. The van der Waals surface area contributed by atoms with Crippen molar-refractivity contribution < 1.29 is 18.0 Å². The average Bonchev–Trinajstić information content (AvgIpc) is 2.73. The molecule has 9 heteroatoms. The third-order valence-electron chi connectivity index (χ3n) is 5.04. The number of sulfonamides is 1. The predicted molar refractivity (Wildman–Crippen MR) is 115 cm³/mol. The van der Waals surface area contributed by atoms with E-state index >= 15 is 0 Å². The topological polar surface area (TPSA) is 86.8 Å². The van der Waals surface area contributed by atoms with Crippen molar-refractivity contribution in [2.75, 3.05) is 32.7 Å². The van der Waals surface area contributed by atoms with Crippen LogP contribution >= 0.6 is 11.6 Å². The summed E-state index contributed by atoms with van der Waals surface area (Å²) in [6.07, 6.45) is 0. The Morgan fingerprint density at radius 2 is 1.73 bits per heavy atom. The molecule has 1 N–H and O–H groups in total. The monoisotopic (exact) mass is 449 g/mol. The van der Waals surface area contributed by atoms with Crippen molar-refractivity contribution in [3.8, 4) is 0 Å². The molecule has 0 unspecified atom stereocenters. The van der Waals surface area contributed by atoms with Gasteiger partial charge in [0.1, 0.15) is 0 Å². The van der Waals surface area contributed by atoms with Crippen molar-refractivity contribution in [3.05, 3.63) is 64.2 Å². The molecular formula is C21H24ClN3O4S. The molecule has 3 rings (SSSR count). The highest BCUT2D eigenvalue weighted by molar-refractivity contribution is 7.89. The Bertz CT molecular complexity index is 1060. The lowest BCUT2D eigenvalue weighted by Crippen LogP contribution is -2.52. The van der Waals surface area contributed by atoms with Crippen LogP contribution in [0.4, 0.5) is 0 Å². The van der Waals surface area contributed by atoms with Crippen molar-refractivity contribution >= 4 is 33.4 Å². The third-order valence-corrected chi connectivity index (χ3v) is 7.32. The van der Waals surface area contributed by atoms with Crippen LogP contribution in [0.15, 0.2) is 47.4 Å². The summed E-state index contributed by atoms with van der Waals surface area (Å²) in [5.74, 6) is -0.642. The summed E-state index contributed by atoms with van der Waals surface area (Å²) in [5, 5.41) is 3.02. The first-order chi connectivity index (χ1) is 14.2. The van der Waals surface area contributed by atoms with Crippen LogP contribution in [0.5, 0.6) is 0 Å². The SMILES string of the molecule is Cc1ccc(C)c(S(=O)(=O)N2CCN(C(=O)CNC(=O)c3cccc(Cl)c3)CC2)c1. The second-order valence-corrected chi connectivity index (χ2v) is 9.59. The molecule has 2 amide bonds. The molecule has 30 heavy (non-hydrogen) atoms. The average molecular weight is 450 g/mol. The van der Waals surface area contributed by atoms with Crippen molar-refractivity contribution in [1.29, 1.82) is 0 Å². The molecule has 0 spiro atoms. The fourth-order valence-electron chi connectivity index (χ4n) is 3.30. The van der Waals surface area contributed by atoms with Gasteiger partial charge in [-0.15, -0.1) is 0 Å². The minimum atomic E-state index is -3.62. The molecular weight excluding hydrogens is 426 g/mol. The van der Waals surface area contributed by atoms with Crippen molar-refractivity contribution in [2.24, 2.45) is 0 Å². The molecule has 0 aromatic heterocycles. The Kier molecular flexibility index (Phi) is 6.80. The number of carbonyl (C=O) groups is 2. The van der Waals surface area contributed by atoms with Crippen LogP contribution in [0.1, 0.15) is 21.5 Å². The molecule has 2 aromatic rings. The maximum absolute atomic E-state index is 13.0. The van der Waals surface area contributed by atoms with E-state index in [1.54, 1.807) is 42.2 Å². The van der Waals surface area contributed by atoms with Crippen LogP contribution in [-0.4, -0.2) is 62.2 Å². The first-order valence-corrected chi connectivity index (χ1v) is 11.4. The van der Waals surface area contributed by atoms with E-state index < -0.39 is 10.0 Å². The van der Waals surface area contributed by atoms with Crippen molar-refractivity contribution in [1.82, 2.24) is 14.5 Å². The Morgan fingerprint density at radius 1 is 1.03 bits per heavy atom. The lowest BCUT2D eigenvalue weighted by molar-refractivity contribution is -0.131. The van der Waals surface area contributed by atoms with E-state index in [1.165, 1.54) is 10.4 Å². The van der Waals surface area contributed by atoms with E-state index in [2.05, 4.69) is 5.32 Å². The molecule has 1 heterocycles. The number of piperazine rings is 1. The summed E-state index contributed by atoms with van der Waals surface area (Å²) in [6.45, 7) is 4.44. The third kappa shape index (κ3) is 5.00. The van der Waals surface area contributed by atoms with Gasteiger partial charge in [-0.1, -0.05) is 29.8 Å². The molecule has 1 saturated heterocycles. The number of carbonyl (C=O) groups excluding carboxylic acids is 2. The molecule has 1 aliphatic heterocycles. The van der Waals surface area contributed by atoms with Crippen LogP contribution in [0, 0.1) is 13.8 Å². The highest BCUT2D eigenvalue weighted by atomic mass is 35.5. The Morgan fingerprint density at radius 3 is 2.40 bits per heavy atom. The summed E-state index contributed by atoms with van der Waals surface area (Å²) in [4.78, 5) is 26.5. The van der Waals surface area contributed by atoms with E-state index in [9.17, 15) is 18.0 Å². The highest BCUT2D eigenvalue weighted by Crippen LogP contribution is 2.22. The van der Waals surface area contributed by atoms with Crippen LogP contribution in [0.25, 0.3) is 0 Å². The molecule has 0 aliphatic carbocycles. The van der Waals surface area contributed by atoms with Gasteiger partial charge in [0.15, 0.2) is 0 Å². The van der Waals surface area contributed by atoms with Crippen molar-refractivity contribution in [2.45, 2.75) is 18.7 Å². The second kappa shape index (κ2) is 9.16. The van der Waals surface area contributed by atoms with Crippen molar-refractivity contribution in [3.63, 3.8) is 0 Å². The standard InChI is InChI=1S/C21H24ClN3O4S/c1-15-6-7-16(2)19(12-15)30(28,29)25-10-8-24(9-11-25)20(26)14-23-21(27)17-4-3-5-18(22)13-17/h3-7,12-13H,8-11,14H2,1-2H3,(H,23,27). The molecule has 0 atom stereocenters. The van der Waals surface area contributed by atoms with Gasteiger partial charge in [0.2, 0.25) is 15.9 Å². The molecule has 0 radical (unpaired) electrons. The number of benzene rings is 2. The Balaban J connectivity index is 1.56. The zero-order valence-electron chi connectivity index (χ0n) is 16.9. The predicted octanol–water partition coefficient (Wildman–Crippen LogP) is 2.22. The minimum Gasteiger partial charge on any atom is -0.343 e. The van der Waals surface area contributed by atoms with Crippen LogP contribution in [0.3, 0.4) is 0 Å². The summed E-state index contributed by atoms with van der Waals surface area (Å²) in [5.41, 5.74) is 1.95. The highest BCUT2D eigenvalue weighted by Gasteiger charge is 2.31. The molecule has 160 valence electrons. The first-order valence-electron chi connectivity index (χ1n) is 9.57. The fourth-order valence-corrected chi connectivity index (χ4v) is 5.22. The van der Waals surface area contributed by atoms with Crippen LogP contribution in [0.2, 0.25) is 5.02 Å². The molecule has 7 nitrogen and oxygen atoms in total. The van der Waals surface area contributed by atoms with Gasteiger partial charge in [-0.2, -0.15) is 4.31 Å². The number of amides is 2. The fraction of sp³-hybridized carbons (Fsp3) is 0.333. The molecule has 0 bridgehead atoms. The summed E-state index contributed by atoms with van der Waals surface area (Å²) < 4.78 is 27.4. The largest absolute Gasteiger partial charge is 0.343 e. The smallest absolute Gasteiger partial charge is 0.251 e. The summed E-state index contributed by atoms with van der Waals surface area (Å²) in [6, 6.07) is 11.8. The number of hydrogen-bond acceptors (Lipinski definition) is 4. The van der Waals surface area contributed by atoms with E-state index in [4.69, 9.17) is 11.6 Å². The Hall–Kier alpha value is -2.42. The van der Waals surface area contributed by atoms with Gasteiger partial charge >= 0.3 is 0 Å². The number of hydrogen-bond donors (Lipinski definition) is 1. The number of aryl methyl sites for hydroxylation is 2. The summed E-state index contributed by atoms with van der Waals surface area (Å²) >= 11 is 5.88. The molecule has 0 saturated carbocycles. The van der Waals surface area contributed by atoms with Gasteiger partial charge in [0.05, 0.1) is 11.4 Å². The van der Waals surface area contributed by atoms with E-state index in [1.807, 2.05) is 13.0 Å². The molecule has 1 fully saturated rings. The number of rotatable bonds is 5. The maximum Gasteiger partial charge on any atom is 0.251 e. The lowest BCUT2D eigenvalue weighted by atomic mass is 10.2. The number of nitrogens with one attached hydrogen (secondary N) is 1. The van der Waals surface area contributed by atoms with Gasteiger partial charge in [0.25, 0.3) is 5.91 Å². The minimum absolute atomic E-state index is 0.158. The molecule has 1 aliphatic rings. The van der Waals surface area contributed by atoms with Gasteiger partial charge in [-0.05, 0) is 49.2 Å². The Labute approximate surface area is 181 Å². The maximum atomic E-state index is 13.0. The molecule has 2 aromatic carbocycles.